The number of quaternary nitrogens is 1. The molecule has 0 radical (unpaired) electrons. The zero-order valence-electron chi connectivity index (χ0n) is 18.0. The van der Waals surface area contributed by atoms with E-state index in [0.717, 1.165) is 23.3 Å². The van der Waals surface area contributed by atoms with E-state index in [4.69, 9.17) is 4.74 Å². The Morgan fingerprint density at radius 3 is 1.74 bits per heavy atom. The van der Waals surface area contributed by atoms with Crippen molar-refractivity contribution in [3.63, 3.8) is 0 Å². The maximum Gasteiger partial charge on any atom is 0.337 e. The van der Waals surface area contributed by atoms with E-state index in [1.807, 2.05) is 12.1 Å². The molecule has 0 fully saturated rings. The van der Waals surface area contributed by atoms with Crippen LogP contribution < -0.4 is 4.74 Å². The third kappa shape index (κ3) is 12.5. The number of carbonyl (C=O) groups is 1. The number of methoxy groups -OCH3 is 1. The number of benzene rings is 1. The van der Waals surface area contributed by atoms with E-state index < -0.39 is 0 Å². The molecule has 27 heavy (non-hydrogen) atoms. The molecule has 0 saturated heterocycles. The first-order valence-corrected chi connectivity index (χ1v) is 10.5. The lowest BCUT2D eigenvalue weighted by Crippen LogP contribution is -2.35. The number of hydrogen-bond donors (Lipinski definition) is 0. The highest BCUT2D eigenvalue weighted by Crippen LogP contribution is 2.14. The topological polar surface area (TPSA) is 35.5 Å². The molecule has 4 nitrogen and oxygen atoms in total. The van der Waals surface area contributed by atoms with Gasteiger partial charge in [0, 0.05) is 0 Å². The Bertz CT molecular complexity index is 505. The molecule has 0 atom stereocenters. The fourth-order valence-corrected chi connectivity index (χ4v) is 3.10. The minimum atomic E-state index is -0.314. The van der Waals surface area contributed by atoms with Gasteiger partial charge in [0.05, 0.1) is 47.0 Å². The first-order valence-electron chi connectivity index (χ1n) is 10.5. The van der Waals surface area contributed by atoms with Crippen LogP contribution in [0, 0.1) is 0 Å². The Morgan fingerprint density at radius 1 is 0.778 bits per heavy atom. The maximum atomic E-state index is 11.4. The van der Waals surface area contributed by atoms with E-state index in [1.54, 1.807) is 12.1 Å². The summed E-state index contributed by atoms with van der Waals surface area (Å²) in [6.07, 6.45) is 13.2. The maximum absolute atomic E-state index is 11.4. The molecule has 4 heteroatoms. The fraction of sp³-hybridized carbons (Fsp3) is 0.696. The molecule has 0 aromatic heterocycles. The quantitative estimate of drug-likeness (QED) is 0.231. The molecule has 0 heterocycles. The van der Waals surface area contributed by atoms with E-state index in [-0.39, 0.29) is 5.97 Å². The molecule has 154 valence electrons. The number of carbonyl (C=O) groups excluding carboxylic acids is 1. The third-order valence-corrected chi connectivity index (χ3v) is 4.77. The van der Waals surface area contributed by atoms with Crippen LogP contribution in [0.4, 0.5) is 0 Å². The van der Waals surface area contributed by atoms with Gasteiger partial charge in [-0.15, -0.1) is 0 Å². The summed E-state index contributed by atoms with van der Waals surface area (Å²) in [6.45, 7) is 2.03. The summed E-state index contributed by atoms with van der Waals surface area (Å²) in [5.41, 5.74) is 0.554. The first kappa shape index (κ1) is 23.5. The van der Waals surface area contributed by atoms with Crippen LogP contribution in [0.2, 0.25) is 0 Å². The van der Waals surface area contributed by atoms with Crippen LogP contribution in [0.1, 0.15) is 74.6 Å². The SMILES string of the molecule is COC(=O)c1ccc(OCCCCCCCCCCCC[N+](C)(C)C)cc1. The predicted molar refractivity (Wildman–Crippen MR) is 112 cm³/mol. The van der Waals surface area contributed by atoms with Crippen molar-refractivity contribution in [3.8, 4) is 5.75 Å². The van der Waals surface area contributed by atoms with Crippen LogP contribution in [-0.2, 0) is 4.74 Å². The van der Waals surface area contributed by atoms with Gasteiger partial charge in [-0.2, -0.15) is 0 Å². The molecule has 0 unspecified atom stereocenters. The van der Waals surface area contributed by atoms with Crippen molar-refractivity contribution in [2.24, 2.45) is 0 Å². The molecule has 1 aromatic rings. The molecule has 0 N–H and O–H groups in total. The highest BCUT2D eigenvalue weighted by atomic mass is 16.5. The minimum absolute atomic E-state index is 0.314. The average Bonchev–Trinajstić information content (AvgIpc) is 2.64. The predicted octanol–water partition coefficient (Wildman–Crippen LogP) is 5.46. The van der Waals surface area contributed by atoms with E-state index in [9.17, 15) is 4.79 Å². The second-order valence-corrected chi connectivity index (χ2v) is 8.41. The van der Waals surface area contributed by atoms with Crippen molar-refractivity contribution >= 4 is 5.97 Å². The second-order valence-electron chi connectivity index (χ2n) is 8.41. The number of ether oxygens (including phenoxy) is 2. The number of nitrogens with zero attached hydrogens (tertiary/aromatic N) is 1. The number of hydrogen-bond acceptors (Lipinski definition) is 3. The summed E-state index contributed by atoms with van der Waals surface area (Å²) in [7, 11) is 8.20. The van der Waals surface area contributed by atoms with E-state index in [1.165, 1.54) is 71.4 Å². The van der Waals surface area contributed by atoms with Gasteiger partial charge in [-0.25, -0.2) is 4.79 Å². The summed E-state index contributed by atoms with van der Waals surface area (Å²) >= 11 is 0. The monoisotopic (exact) mass is 378 g/mol. The third-order valence-electron chi connectivity index (χ3n) is 4.77. The van der Waals surface area contributed by atoms with Gasteiger partial charge in [0.15, 0.2) is 0 Å². The highest BCUT2D eigenvalue weighted by Gasteiger charge is 2.05. The zero-order valence-corrected chi connectivity index (χ0v) is 18.0. The smallest absolute Gasteiger partial charge is 0.337 e. The Labute approximate surface area is 166 Å². The van der Waals surface area contributed by atoms with Gasteiger partial charge in [-0.3, -0.25) is 0 Å². The Hall–Kier alpha value is -1.55. The second kappa shape index (κ2) is 13.6. The lowest BCUT2D eigenvalue weighted by Gasteiger charge is -2.23. The molecule has 1 rings (SSSR count). The normalized spacial score (nSPS) is 11.4. The van der Waals surface area contributed by atoms with E-state index in [2.05, 4.69) is 25.9 Å². The first-order chi connectivity index (χ1) is 12.9. The summed E-state index contributed by atoms with van der Waals surface area (Å²) in [4.78, 5) is 11.4. The van der Waals surface area contributed by atoms with Crippen LogP contribution in [0.5, 0.6) is 5.75 Å². The molecular formula is C23H40NO3+. The lowest BCUT2D eigenvalue weighted by atomic mass is 10.1. The Kier molecular flexibility index (Phi) is 11.8. The lowest BCUT2D eigenvalue weighted by molar-refractivity contribution is -0.870. The fourth-order valence-electron chi connectivity index (χ4n) is 3.10. The van der Waals surface area contributed by atoms with Gasteiger partial charge >= 0.3 is 5.97 Å². The zero-order chi connectivity index (χ0) is 20.0. The molecule has 0 bridgehead atoms. The summed E-state index contributed by atoms with van der Waals surface area (Å²) in [6, 6.07) is 7.13. The molecular weight excluding hydrogens is 338 g/mol. The van der Waals surface area contributed by atoms with Crippen molar-refractivity contribution in [1.82, 2.24) is 0 Å². The van der Waals surface area contributed by atoms with E-state index >= 15 is 0 Å². The van der Waals surface area contributed by atoms with Crippen LogP contribution in [-0.4, -0.2) is 51.9 Å². The Morgan fingerprint density at radius 2 is 1.26 bits per heavy atom. The number of esters is 1. The molecule has 0 aliphatic carbocycles. The van der Waals surface area contributed by atoms with Crippen LogP contribution >= 0.6 is 0 Å². The summed E-state index contributed by atoms with van der Waals surface area (Å²) in [5.74, 6) is 0.499. The minimum Gasteiger partial charge on any atom is -0.494 e. The van der Waals surface area contributed by atoms with Gasteiger partial charge < -0.3 is 14.0 Å². The number of rotatable bonds is 15. The van der Waals surface area contributed by atoms with Crippen LogP contribution in [0.15, 0.2) is 24.3 Å². The summed E-state index contributed by atoms with van der Waals surface area (Å²) < 4.78 is 11.5. The molecule has 0 saturated carbocycles. The molecule has 0 amide bonds. The standard InChI is InChI=1S/C23H40NO3/c1-24(2,3)19-13-11-9-7-5-6-8-10-12-14-20-27-22-17-15-21(16-18-22)23(25)26-4/h15-18H,5-14,19-20H2,1-4H3/q+1. The highest BCUT2D eigenvalue weighted by molar-refractivity contribution is 5.89. The van der Waals surface area contributed by atoms with Crippen LogP contribution in [0.3, 0.4) is 0 Å². The van der Waals surface area contributed by atoms with Gasteiger partial charge in [-0.1, -0.05) is 44.9 Å². The van der Waals surface area contributed by atoms with Crippen LogP contribution in [0.25, 0.3) is 0 Å². The molecule has 1 aromatic carbocycles. The van der Waals surface area contributed by atoms with Gasteiger partial charge in [0.1, 0.15) is 5.75 Å². The number of unbranched alkanes of at least 4 members (excludes halogenated alkanes) is 9. The summed E-state index contributed by atoms with van der Waals surface area (Å²) in [5, 5.41) is 0. The largest absolute Gasteiger partial charge is 0.494 e. The average molecular weight is 379 g/mol. The van der Waals surface area contributed by atoms with Crippen molar-refractivity contribution in [2.75, 3.05) is 41.4 Å². The van der Waals surface area contributed by atoms with Crippen molar-refractivity contribution in [1.29, 1.82) is 0 Å². The van der Waals surface area contributed by atoms with Gasteiger partial charge in [-0.05, 0) is 43.5 Å². The van der Waals surface area contributed by atoms with Crippen molar-refractivity contribution < 1.29 is 18.8 Å². The van der Waals surface area contributed by atoms with Gasteiger partial charge in [0.25, 0.3) is 0 Å². The van der Waals surface area contributed by atoms with Crippen molar-refractivity contribution in [2.45, 2.75) is 64.2 Å². The van der Waals surface area contributed by atoms with Gasteiger partial charge in [0.2, 0.25) is 0 Å². The van der Waals surface area contributed by atoms with E-state index in [0.29, 0.717) is 5.56 Å². The Balaban J connectivity index is 1.90. The van der Waals surface area contributed by atoms with Crippen molar-refractivity contribution in [3.05, 3.63) is 29.8 Å². The molecule has 0 aliphatic heterocycles. The molecule has 0 aliphatic rings. The molecule has 0 spiro atoms.